The molecule has 2 aromatic heterocycles. The van der Waals surface area contributed by atoms with E-state index >= 15 is 0 Å². The first-order valence-corrected chi connectivity index (χ1v) is 8.43. The van der Waals surface area contributed by atoms with Crippen LogP contribution in [0, 0.1) is 0 Å². The molecular weight excluding hydrogens is 320 g/mol. The molecule has 3 heterocycles. The van der Waals surface area contributed by atoms with E-state index in [9.17, 15) is 0 Å². The first kappa shape index (κ1) is 13.5. The van der Waals surface area contributed by atoms with Crippen LogP contribution in [-0.4, -0.2) is 21.7 Å². The van der Waals surface area contributed by atoms with Crippen LogP contribution in [0.2, 0.25) is 0 Å². The van der Waals surface area contributed by atoms with Crippen LogP contribution < -0.4 is 15.3 Å². The Labute approximate surface area is 134 Å². The molecule has 0 saturated carbocycles. The van der Waals surface area contributed by atoms with Gasteiger partial charge in [-0.15, -0.1) is 21.5 Å². The number of rotatable bonds is 4. The summed E-state index contributed by atoms with van der Waals surface area (Å²) in [6, 6.07) is 9.85. The third-order valence-electron chi connectivity index (χ3n) is 3.21. The van der Waals surface area contributed by atoms with Crippen LogP contribution in [0.1, 0.15) is 5.56 Å². The van der Waals surface area contributed by atoms with Crippen molar-refractivity contribution in [3.63, 3.8) is 0 Å². The summed E-state index contributed by atoms with van der Waals surface area (Å²) in [5.41, 5.74) is 1.12. The number of nitrogens with two attached hydrogens (primary N) is 1. The summed E-state index contributed by atoms with van der Waals surface area (Å²) >= 11 is 3.12. The molecule has 1 aliphatic heterocycles. The molecule has 1 aliphatic rings. The number of hydrogen-bond donors (Lipinski definition) is 1. The van der Waals surface area contributed by atoms with Crippen LogP contribution >= 0.6 is 23.1 Å². The fourth-order valence-electron chi connectivity index (χ4n) is 2.13. The summed E-state index contributed by atoms with van der Waals surface area (Å²) in [7, 11) is 0. The summed E-state index contributed by atoms with van der Waals surface area (Å²) in [4.78, 5) is 1.00. The number of fused-ring (bicyclic) bond motifs is 1. The van der Waals surface area contributed by atoms with E-state index in [1.54, 1.807) is 11.3 Å². The maximum Gasteiger partial charge on any atom is 0.231 e. The van der Waals surface area contributed by atoms with Gasteiger partial charge in [0.2, 0.25) is 11.9 Å². The molecule has 0 aliphatic carbocycles. The van der Waals surface area contributed by atoms with Crippen molar-refractivity contribution in [2.45, 2.75) is 10.9 Å². The number of thiophene rings is 1. The Hall–Kier alpha value is -2.19. The van der Waals surface area contributed by atoms with Crippen molar-refractivity contribution in [3.05, 3.63) is 41.3 Å². The van der Waals surface area contributed by atoms with Crippen LogP contribution in [0.4, 0.5) is 0 Å². The van der Waals surface area contributed by atoms with Gasteiger partial charge in [0.15, 0.2) is 17.3 Å². The zero-order chi connectivity index (χ0) is 14.9. The average molecular weight is 332 g/mol. The van der Waals surface area contributed by atoms with Crippen LogP contribution in [0.25, 0.3) is 10.7 Å². The van der Waals surface area contributed by atoms with E-state index in [2.05, 4.69) is 10.2 Å². The van der Waals surface area contributed by atoms with Gasteiger partial charge in [0.25, 0.3) is 0 Å². The fraction of sp³-hybridized carbons (Fsp3) is 0.143. The Balaban J connectivity index is 1.50. The van der Waals surface area contributed by atoms with Crippen LogP contribution in [0.3, 0.4) is 0 Å². The maximum atomic E-state index is 6.08. The van der Waals surface area contributed by atoms with Gasteiger partial charge < -0.3 is 15.3 Å². The van der Waals surface area contributed by atoms with Gasteiger partial charge in [-0.1, -0.05) is 23.9 Å². The quantitative estimate of drug-likeness (QED) is 0.585. The van der Waals surface area contributed by atoms with Crippen molar-refractivity contribution in [1.29, 1.82) is 0 Å². The highest BCUT2D eigenvalue weighted by atomic mass is 32.2. The van der Waals surface area contributed by atoms with Gasteiger partial charge in [-0.25, -0.2) is 4.68 Å². The Kier molecular flexibility index (Phi) is 3.39. The second kappa shape index (κ2) is 5.54. The standard InChI is InChI=1S/C14H12N4O2S2/c15-18-13(12-2-1-5-21-12)16-17-14(18)22-7-9-3-4-10-11(6-9)20-8-19-10/h1-6H,7-8,15H2. The van der Waals surface area contributed by atoms with Crippen LogP contribution in [-0.2, 0) is 5.75 Å². The second-order valence-corrected chi connectivity index (χ2v) is 6.52. The molecule has 0 saturated heterocycles. The number of ether oxygens (including phenoxy) is 2. The van der Waals surface area contributed by atoms with E-state index < -0.39 is 0 Å². The van der Waals surface area contributed by atoms with Crippen molar-refractivity contribution in [2.24, 2.45) is 0 Å². The Morgan fingerprint density at radius 1 is 1.23 bits per heavy atom. The summed E-state index contributed by atoms with van der Waals surface area (Å²) in [6.07, 6.45) is 0. The summed E-state index contributed by atoms with van der Waals surface area (Å²) < 4.78 is 12.2. The molecule has 0 amide bonds. The molecule has 0 atom stereocenters. The highest BCUT2D eigenvalue weighted by Crippen LogP contribution is 2.34. The molecule has 22 heavy (non-hydrogen) atoms. The predicted molar refractivity (Wildman–Crippen MR) is 85.6 cm³/mol. The first-order valence-electron chi connectivity index (χ1n) is 6.57. The minimum atomic E-state index is 0.285. The van der Waals surface area contributed by atoms with Crippen LogP contribution in [0.15, 0.2) is 40.9 Å². The number of thioether (sulfide) groups is 1. The van der Waals surface area contributed by atoms with Crippen molar-refractivity contribution in [1.82, 2.24) is 14.9 Å². The SMILES string of the molecule is Nn1c(SCc2ccc3c(c2)OCO3)nnc1-c1cccs1. The monoisotopic (exact) mass is 332 g/mol. The fourth-order valence-corrected chi connectivity index (χ4v) is 3.63. The molecular formula is C14H12N4O2S2. The Bertz CT molecular complexity index is 801. The molecule has 4 rings (SSSR count). The topological polar surface area (TPSA) is 75.2 Å². The zero-order valence-electron chi connectivity index (χ0n) is 11.4. The lowest BCUT2D eigenvalue weighted by atomic mass is 10.2. The van der Waals surface area contributed by atoms with Gasteiger partial charge in [0.05, 0.1) is 4.88 Å². The highest BCUT2D eigenvalue weighted by molar-refractivity contribution is 7.98. The molecule has 0 bridgehead atoms. The molecule has 6 nitrogen and oxygen atoms in total. The van der Waals surface area contributed by atoms with E-state index in [4.69, 9.17) is 15.3 Å². The number of aromatic nitrogens is 3. The van der Waals surface area contributed by atoms with E-state index in [1.165, 1.54) is 16.4 Å². The third-order valence-corrected chi connectivity index (χ3v) is 5.09. The summed E-state index contributed by atoms with van der Waals surface area (Å²) in [6.45, 7) is 0.285. The van der Waals surface area contributed by atoms with Gasteiger partial charge in [0, 0.05) is 5.75 Å². The average Bonchev–Trinajstić information content (AvgIpc) is 3.25. The van der Waals surface area contributed by atoms with Gasteiger partial charge in [-0.05, 0) is 29.1 Å². The molecule has 0 unspecified atom stereocenters. The number of nitrogens with zero attached hydrogens (tertiary/aromatic N) is 3. The van der Waals surface area contributed by atoms with E-state index in [1.807, 2.05) is 35.7 Å². The molecule has 0 spiro atoms. The van der Waals surface area contributed by atoms with Crippen molar-refractivity contribution in [3.8, 4) is 22.2 Å². The van der Waals surface area contributed by atoms with Gasteiger partial charge in [0.1, 0.15) is 0 Å². The third kappa shape index (κ3) is 2.40. The van der Waals surface area contributed by atoms with E-state index in [0.29, 0.717) is 11.0 Å². The van der Waals surface area contributed by atoms with Gasteiger partial charge in [-0.3, -0.25) is 0 Å². The minimum Gasteiger partial charge on any atom is -0.454 e. The van der Waals surface area contributed by atoms with E-state index in [-0.39, 0.29) is 6.79 Å². The van der Waals surface area contributed by atoms with Crippen molar-refractivity contribution >= 4 is 23.1 Å². The van der Waals surface area contributed by atoms with Crippen molar-refractivity contribution < 1.29 is 9.47 Å². The first-order chi connectivity index (χ1) is 10.8. The second-order valence-electron chi connectivity index (χ2n) is 4.63. The molecule has 112 valence electrons. The zero-order valence-corrected chi connectivity index (χ0v) is 13.1. The number of benzene rings is 1. The van der Waals surface area contributed by atoms with Gasteiger partial charge >= 0.3 is 0 Å². The molecule has 1 aromatic carbocycles. The largest absolute Gasteiger partial charge is 0.454 e. The molecule has 3 aromatic rings. The van der Waals surface area contributed by atoms with Gasteiger partial charge in [-0.2, -0.15) is 0 Å². The molecule has 0 radical (unpaired) electrons. The molecule has 8 heteroatoms. The summed E-state index contributed by atoms with van der Waals surface area (Å²) in [5.74, 6) is 9.07. The summed E-state index contributed by atoms with van der Waals surface area (Å²) in [5, 5.41) is 11.0. The predicted octanol–water partition coefficient (Wildman–Crippen LogP) is 2.74. The normalized spacial score (nSPS) is 12.7. The molecule has 2 N–H and O–H groups in total. The Morgan fingerprint density at radius 3 is 3.00 bits per heavy atom. The number of hydrogen-bond acceptors (Lipinski definition) is 7. The van der Waals surface area contributed by atoms with Crippen LogP contribution in [0.5, 0.6) is 11.5 Å². The minimum absolute atomic E-state index is 0.285. The lowest BCUT2D eigenvalue weighted by Gasteiger charge is -2.04. The Morgan fingerprint density at radius 2 is 2.14 bits per heavy atom. The van der Waals surface area contributed by atoms with E-state index in [0.717, 1.165) is 27.7 Å². The molecule has 0 fully saturated rings. The smallest absolute Gasteiger partial charge is 0.231 e. The highest BCUT2D eigenvalue weighted by Gasteiger charge is 2.15. The van der Waals surface area contributed by atoms with Crippen molar-refractivity contribution in [2.75, 3.05) is 12.6 Å². The lowest BCUT2D eigenvalue weighted by molar-refractivity contribution is 0.174. The number of nitrogen functional groups attached to an aromatic ring is 1. The maximum absolute atomic E-state index is 6.08. The lowest BCUT2D eigenvalue weighted by Crippen LogP contribution is -2.11.